The lowest BCUT2D eigenvalue weighted by Gasteiger charge is -2.06. The standard InChI is InChI=1S/C15H10BrFN6/c16-13-11(21-15-19-5-2-7-23(13)15)9-22-8-6-18-14(22)10-3-1-4-12(17)20-10/h1-8H,9H2. The van der Waals surface area contributed by atoms with E-state index in [2.05, 4.69) is 35.9 Å². The highest BCUT2D eigenvalue weighted by molar-refractivity contribution is 9.10. The first kappa shape index (κ1) is 14.0. The molecule has 0 bridgehead atoms. The summed E-state index contributed by atoms with van der Waals surface area (Å²) >= 11 is 3.54. The second kappa shape index (κ2) is 5.54. The Kier molecular flexibility index (Phi) is 3.38. The maximum absolute atomic E-state index is 13.3. The van der Waals surface area contributed by atoms with Crippen molar-refractivity contribution in [1.29, 1.82) is 0 Å². The zero-order valence-electron chi connectivity index (χ0n) is 11.8. The van der Waals surface area contributed by atoms with Gasteiger partial charge in [0.2, 0.25) is 11.7 Å². The van der Waals surface area contributed by atoms with Crippen LogP contribution in [0.15, 0.2) is 53.7 Å². The molecule has 4 aromatic heterocycles. The lowest BCUT2D eigenvalue weighted by atomic mass is 10.3. The van der Waals surface area contributed by atoms with Gasteiger partial charge in [-0.1, -0.05) is 6.07 Å². The molecule has 0 radical (unpaired) electrons. The lowest BCUT2D eigenvalue weighted by molar-refractivity contribution is 0.584. The number of halogens is 2. The first-order valence-corrected chi connectivity index (χ1v) is 7.63. The van der Waals surface area contributed by atoms with Crippen molar-refractivity contribution in [3.8, 4) is 11.5 Å². The molecule has 0 saturated carbocycles. The first-order chi connectivity index (χ1) is 11.2. The molecule has 8 heteroatoms. The van der Waals surface area contributed by atoms with Crippen molar-refractivity contribution in [1.82, 2.24) is 28.9 Å². The molecule has 0 aromatic carbocycles. The number of pyridine rings is 1. The molecule has 0 saturated heterocycles. The zero-order chi connectivity index (χ0) is 15.8. The molecule has 0 spiro atoms. The van der Waals surface area contributed by atoms with Crippen LogP contribution in [-0.4, -0.2) is 28.9 Å². The van der Waals surface area contributed by atoms with E-state index in [9.17, 15) is 4.39 Å². The van der Waals surface area contributed by atoms with Crippen molar-refractivity contribution >= 4 is 21.7 Å². The topological polar surface area (TPSA) is 60.9 Å². The summed E-state index contributed by atoms with van der Waals surface area (Å²) in [6.45, 7) is 0.470. The minimum Gasteiger partial charge on any atom is -0.324 e. The fourth-order valence-corrected chi connectivity index (χ4v) is 2.86. The van der Waals surface area contributed by atoms with Crippen molar-refractivity contribution in [2.45, 2.75) is 6.54 Å². The Morgan fingerprint density at radius 2 is 1.96 bits per heavy atom. The molecule has 6 nitrogen and oxygen atoms in total. The fraction of sp³-hybridized carbons (Fsp3) is 0.0667. The predicted molar refractivity (Wildman–Crippen MR) is 85.2 cm³/mol. The number of hydrogen-bond donors (Lipinski definition) is 0. The van der Waals surface area contributed by atoms with E-state index >= 15 is 0 Å². The summed E-state index contributed by atoms with van der Waals surface area (Å²) < 4.78 is 17.9. The Morgan fingerprint density at radius 1 is 1.04 bits per heavy atom. The maximum atomic E-state index is 13.3. The largest absolute Gasteiger partial charge is 0.324 e. The van der Waals surface area contributed by atoms with Crippen LogP contribution in [0, 0.1) is 5.95 Å². The SMILES string of the molecule is Fc1cccc(-c2nccn2Cc2nc3ncccn3c2Br)n1. The van der Waals surface area contributed by atoms with E-state index in [1.165, 1.54) is 6.07 Å². The summed E-state index contributed by atoms with van der Waals surface area (Å²) in [7, 11) is 0. The van der Waals surface area contributed by atoms with Gasteiger partial charge >= 0.3 is 0 Å². The normalized spacial score (nSPS) is 11.2. The molecule has 4 aromatic rings. The summed E-state index contributed by atoms with van der Waals surface area (Å²) in [5.74, 6) is 0.663. The highest BCUT2D eigenvalue weighted by Crippen LogP contribution is 2.21. The summed E-state index contributed by atoms with van der Waals surface area (Å²) in [6, 6.07) is 6.48. The number of rotatable bonds is 3. The highest BCUT2D eigenvalue weighted by Gasteiger charge is 2.14. The lowest BCUT2D eigenvalue weighted by Crippen LogP contribution is -2.03. The van der Waals surface area contributed by atoms with Crippen LogP contribution in [0.2, 0.25) is 0 Å². The van der Waals surface area contributed by atoms with Gasteiger partial charge in [0, 0.05) is 24.8 Å². The Hall–Kier alpha value is -2.61. The molecule has 0 aliphatic heterocycles. The van der Waals surface area contributed by atoms with Gasteiger partial charge in [-0.25, -0.2) is 19.9 Å². The number of aromatic nitrogens is 6. The third-order valence-electron chi connectivity index (χ3n) is 3.39. The van der Waals surface area contributed by atoms with E-state index in [1.807, 2.05) is 27.4 Å². The van der Waals surface area contributed by atoms with Crippen molar-refractivity contribution < 1.29 is 4.39 Å². The van der Waals surface area contributed by atoms with Crippen LogP contribution < -0.4 is 0 Å². The molecule has 0 aliphatic carbocycles. The molecule has 0 amide bonds. The van der Waals surface area contributed by atoms with E-state index in [0.717, 1.165) is 10.3 Å². The van der Waals surface area contributed by atoms with Gasteiger partial charge < -0.3 is 4.57 Å². The van der Waals surface area contributed by atoms with Crippen LogP contribution in [0.25, 0.3) is 17.3 Å². The predicted octanol–water partition coefficient (Wildman–Crippen LogP) is 2.94. The monoisotopic (exact) mass is 372 g/mol. The maximum Gasteiger partial charge on any atom is 0.234 e. The van der Waals surface area contributed by atoms with Crippen molar-refractivity contribution in [2.24, 2.45) is 0 Å². The molecule has 0 N–H and O–H groups in total. The molecule has 0 aliphatic rings. The molecule has 0 unspecified atom stereocenters. The first-order valence-electron chi connectivity index (χ1n) is 6.84. The van der Waals surface area contributed by atoms with E-state index in [0.29, 0.717) is 23.8 Å². The van der Waals surface area contributed by atoms with Crippen molar-refractivity contribution in [2.75, 3.05) is 0 Å². The van der Waals surface area contributed by atoms with Crippen LogP contribution in [0.3, 0.4) is 0 Å². The van der Waals surface area contributed by atoms with E-state index < -0.39 is 5.95 Å². The van der Waals surface area contributed by atoms with Crippen LogP contribution >= 0.6 is 15.9 Å². The quantitative estimate of drug-likeness (QED) is 0.518. The Balaban J connectivity index is 1.75. The van der Waals surface area contributed by atoms with E-state index in [4.69, 9.17) is 0 Å². The average molecular weight is 373 g/mol. The van der Waals surface area contributed by atoms with Gasteiger partial charge in [-0.05, 0) is 34.1 Å². The summed E-state index contributed by atoms with van der Waals surface area (Å²) in [4.78, 5) is 16.9. The molecule has 23 heavy (non-hydrogen) atoms. The minimum atomic E-state index is -0.532. The second-order valence-electron chi connectivity index (χ2n) is 4.86. The van der Waals surface area contributed by atoms with Gasteiger partial charge in [0.25, 0.3) is 0 Å². The highest BCUT2D eigenvalue weighted by atomic mass is 79.9. The Labute approximate surface area is 138 Å². The molecule has 114 valence electrons. The van der Waals surface area contributed by atoms with Crippen LogP contribution in [-0.2, 0) is 6.54 Å². The number of hydrogen-bond acceptors (Lipinski definition) is 4. The van der Waals surface area contributed by atoms with E-state index in [-0.39, 0.29) is 0 Å². The van der Waals surface area contributed by atoms with Gasteiger partial charge in [-0.3, -0.25) is 4.40 Å². The number of imidazole rings is 2. The molecule has 4 rings (SSSR count). The van der Waals surface area contributed by atoms with Gasteiger partial charge in [-0.2, -0.15) is 4.39 Å². The van der Waals surface area contributed by atoms with E-state index in [1.54, 1.807) is 24.5 Å². The number of fused-ring (bicyclic) bond motifs is 1. The van der Waals surface area contributed by atoms with Crippen molar-refractivity contribution in [3.05, 3.63) is 65.3 Å². The van der Waals surface area contributed by atoms with Crippen LogP contribution in [0.4, 0.5) is 4.39 Å². The van der Waals surface area contributed by atoms with Crippen LogP contribution in [0.5, 0.6) is 0 Å². The zero-order valence-corrected chi connectivity index (χ0v) is 13.4. The molecular weight excluding hydrogens is 363 g/mol. The number of nitrogens with zero attached hydrogens (tertiary/aromatic N) is 6. The van der Waals surface area contributed by atoms with Gasteiger partial charge in [-0.15, -0.1) is 0 Å². The fourth-order valence-electron chi connectivity index (χ4n) is 2.37. The third kappa shape index (κ3) is 2.50. The third-order valence-corrected chi connectivity index (χ3v) is 4.23. The smallest absolute Gasteiger partial charge is 0.234 e. The average Bonchev–Trinajstić information content (AvgIpc) is 3.14. The second-order valence-corrected chi connectivity index (χ2v) is 5.61. The molecular formula is C15H10BrFN6. The van der Waals surface area contributed by atoms with Gasteiger partial charge in [0.1, 0.15) is 10.3 Å². The molecule has 0 fully saturated rings. The minimum absolute atomic E-state index is 0.470. The summed E-state index contributed by atoms with van der Waals surface area (Å²) in [5, 5.41) is 0. The van der Waals surface area contributed by atoms with Crippen LogP contribution in [0.1, 0.15) is 5.69 Å². The Morgan fingerprint density at radius 3 is 2.78 bits per heavy atom. The van der Waals surface area contributed by atoms with Crippen molar-refractivity contribution in [3.63, 3.8) is 0 Å². The molecule has 4 heterocycles. The summed E-state index contributed by atoms with van der Waals surface area (Å²) in [6.07, 6.45) is 7.04. The van der Waals surface area contributed by atoms with Gasteiger partial charge in [0.05, 0.1) is 12.2 Å². The van der Waals surface area contributed by atoms with Gasteiger partial charge in [0.15, 0.2) is 5.82 Å². The molecule has 0 atom stereocenters. The Bertz CT molecular complexity index is 992. The summed E-state index contributed by atoms with van der Waals surface area (Å²) in [5.41, 5.74) is 1.28.